The second-order valence-corrected chi connectivity index (χ2v) is 5.19. The number of benzene rings is 1. The largest absolute Gasteiger partial charge is 0.369 e. The molecule has 1 aliphatic rings. The normalized spacial score (nSPS) is 16.7. The first-order chi connectivity index (χ1) is 8.74. The Kier molecular flexibility index (Phi) is 2.94. The molecule has 18 heavy (non-hydrogen) atoms. The molecule has 1 fully saturated rings. The first-order valence-corrected chi connectivity index (χ1v) is 6.65. The summed E-state index contributed by atoms with van der Waals surface area (Å²) < 4.78 is 15.1. The van der Waals surface area contributed by atoms with Crippen LogP contribution < -0.4 is 5.73 Å². The molecule has 1 heterocycles. The average molecular weight is 247 g/mol. The van der Waals surface area contributed by atoms with Crippen molar-refractivity contribution in [2.45, 2.75) is 38.6 Å². The summed E-state index contributed by atoms with van der Waals surface area (Å²) in [4.78, 5) is 4.22. The summed E-state index contributed by atoms with van der Waals surface area (Å²) in [7, 11) is 0. The van der Waals surface area contributed by atoms with Gasteiger partial charge in [-0.2, -0.15) is 0 Å². The van der Waals surface area contributed by atoms with Gasteiger partial charge in [-0.05, 0) is 24.5 Å². The molecule has 0 spiro atoms. The van der Waals surface area contributed by atoms with E-state index in [0.717, 1.165) is 24.4 Å². The molecule has 0 aliphatic heterocycles. The van der Waals surface area contributed by atoms with Crippen molar-refractivity contribution in [1.29, 1.82) is 0 Å². The molecule has 1 saturated carbocycles. The minimum atomic E-state index is -0.261. The van der Waals surface area contributed by atoms with Crippen LogP contribution in [0.4, 0.5) is 10.3 Å². The lowest BCUT2D eigenvalue weighted by Crippen LogP contribution is -2.06. The van der Waals surface area contributed by atoms with Gasteiger partial charge in [0, 0.05) is 12.6 Å². The van der Waals surface area contributed by atoms with Gasteiger partial charge in [0.1, 0.15) is 5.82 Å². The van der Waals surface area contributed by atoms with Crippen molar-refractivity contribution in [3.8, 4) is 0 Å². The fourth-order valence-electron chi connectivity index (χ4n) is 2.97. The van der Waals surface area contributed by atoms with Crippen LogP contribution in [0.15, 0.2) is 18.2 Å². The Balaban J connectivity index is 1.84. The number of aryl methyl sites for hydroxylation is 1. The highest BCUT2D eigenvalue weighted by Crippen LogP contribution is 2.29. The van der Waals surface area contributed by atoms with Gasteiger partial charge in [0.05, 0.1) is 11.0 Å². The summed E-state index contributed by atoms with van der Waals surface area (Å²) in [5.41, 5.74) is 7.51. The van der Waals surface area contributed by atoms with Gasteiger partial charge >= 0.3 is 0 Å². The van der Waals surface area contributed by atoms with E-state index in [4.69, 9.17) is 5.73 Å². The molecule has 0 unspecified atom stereocenters. The molecule has 0 atom stereocenters. The number of fused-ring (bicyclic) bond motifs is 1. The number of imidazole rings is 1. The number of nitrogen functional groups attached to an aromatic ring is 1. The summed E-state index contributed by atoms with van der Waals surface area (Å²) in [5, 5.41) is 0. The van der Waals surface area contributed by atoms with Gasteiger partial charge < -0.3 is 10.3 Å². The Bertz CT molecular complexity index is 555. The van der Waals surface area contributed by atoms with E-state index in [0.29, 0.717) is 11.5 Å². The molecule has 0 saturated heterocycles. The van der Waals surface area contributed by atoms with Crippen LogP contribution in [-0.2, 0) is 6.54 Å². The smallest absolute Gasteiger partial charge is 0.201 e. The highest BCUT2D eigenvalue weighted by atomic mass is 19.1. The van der Waals surface area contributed by atoms with Crippen LogP contribution >= 0.6 is 0 Å². The first-order valence-electron chi connectivity index (χ1n) is 6.65. The SMILES string of the molecule is Nc1nc2cc(F)ccc2n1CCC1CCCC1. The molecule has 96 valence electrons. The van der Waals surface area contributed by atoms with Gasteiger partial charge in [-0.15, -0.1) is 0 Å². The van der Waals surface area contributed by atoms with Crippen molar-refractivity contribution in [1.82, 2.24) is 9.55 Å². The van der Waals surface area contributed by atoms with Gasteiger partial charge in [0.2, 0.25) is 5.95 Å². The summed E-state index contributed by atoms with van der Waals surface area (Å²) >= 11 is 0. The summed E-state index contributed by atoms with van der Waals surface area (Å²) in [6, 6.07) is 4.68. The maximum atomic E-state index is 13.1. The van der Waals surface area contributed by atoms with Crippen molar-refractivity contribution in [2.75, 3.05) is 5.73 Å². The van der Waals surface area contributed by atoms with E-state index in [1.165, 1.54) is 37.8 Å². The molecular formula is C14H18FN3. The van der Waals surface area contributed by atoms with E-state index < -0.39 is 0 Å². The van der Waals surface area contributed by atoms with Gasteiger partial charge in [0.15, 0.2) is 0 Å². The molecule has 0 radical (unpaired) electrons. The average Bonchev–Trinajstić information content (AvgIpc) is 2.93. The predicted molar refractivity (Wildman–Crippen MR) is 70.7 cm³/mol. The van der Waals surface area contributed by atoms with Crippen LogP contribution in [-0.4, -0.2) is 9.55 Å². The highest BCUT2D eigenvalue weighted by molar-refractivity contribution is 5.78. The summed E-state index contributed by atoms with van der Waals surface area (Å²) in [6.07, 6.45) is 6.53. The molecule has 1 aromatic carbocycles. The minimum Gasteiger partial charge on any atom is -0.369 e. The van der Waals surface area contributed by atoms with Crippen molar-refractivity contribution in [3.63, 3.8) is 0 Å². The predicted octanol–water partition coefficient (Wildman–Crippen LogP) is 3.34. The van der Waals surface area contributed by atoms with Gasteiger partial charge in [-0.25, -0.2) is 9.37 Å². The summed E-state index contributed by atoms with van der Waals surface area (Å²) in [6.45, 7) is 0.888. The molecule has 1 aromatic heterocycles. The van der Waals surface area contributed by atoms with Gasteiger partial charge in [0.25, 0.3) is 0 Å². The lowest BCUT2D eigenvalue weighted by molar-refractivity contribution is 0.464. The number of anilines is 1. The lowest BCUT2D eigenvalue weighted by Gasteiger charge is -2.11. The zero-order chi connectivity index (χ0) is 12.5. The third-order valence-electron chi connectivity index (χ3n) is 3.98. The van der Waals surface area contributed by atoms with Crippen molar-refractivity contribution >= 4 is 17.0 Å². The van der Waals surface area contributed by atoms with E-state index in [9.17, 15) is 4.39 Å². The third-order valence-corrected chi connectivity index (χ3v) is 3.98. The zero-order valence-electron chi connectivity index (χ0n) is 10.4. The van der Waals surface area contributed by atoms with Crippen LogP contribution in [0.3, 0.4) is 0 Å². The Morgan fingerprint density at radius 3 is 2.89 bits per heavy atom. The molecule has 2 aromatic rings. The maximum absolute atomic E-state index is 13.1. The standard InChI is InChI=1S/C14H18FN3/c15-11-5-6-13-12(9-11)17-14(16)18(13)8-7-10-3-1-2-4-10/h5-6,9-10H,1-4,7-8H2,(H2,16,17). The Labute approximate surface area is 106 Å². The molecular weight excluding hydrogens is 229 g/mol. The number of nitrogens with zero attached hydrogens (tertiary/aromatic N) is 2. The van der Waals surface area contributed by atoms with E-state index in [1.807, 2.05) is 4.57 Å². The van der Waals surface area contributed by atoms with Crippen LogP contribution in [0.5, 0.6) is 0 Å². The summed E-state index contributed by atoms with van der Waals surface area (Å²) in [5.74, 6) is 1.05. The van der Waals surface area contributed by atoms with Gasteiger partial charge in [-0.1, -0.05) is 25.7 Å². The number of hydrogen-bond donors (Lipinski definition) is 1. The van der Waals surface area contributed by atoms with E-state index in [-0.39, 0.29) is 5.82 Å². The molecule has 3 nitrogen and oxygen atoms in total. The third kappa shape index (κ3) is 2.07. The molecule has 0 amide bonds. The topological polar surface area (TPSA) is 43.8 Å². The van der Waals surface area contributed by atoms with Gasteiger partial charge in [-0.3, -0.25) is 0 Å². The first kappa shape index (κ1) is 11.5. The van der Waals surface area contributed by atoms with Crippen molar-refractivity contribution < 1.29 is 4.39 Å². The van der Waals surface area contributed by atoms with E-state index >= 15 is 0 Å². The highest BCUT2D eigenvalue weighted by Gasteiger charge is 2.16. The van der Waals surface area contributed by atoms with Crippen LogP contribution in [0.25, 0.3) is 11.0 Å². The fourth-order valence-corrected chi connectivity index (χ4v) is 2.97. The van der Waals surface area contributed by atoms with E-state index in [1.54, 1.807) is 6.07 Å². The molecule has 4 heteroatoms. The van der Waals surface area contributed by atoms with Crippen molar-refractivity contribution in [3.05, 3.63) is 24.0 Å². The fraction of sp³-hybridized carbons (Fsp3) is 0.500. The quantitative estimate of drug-likeness (QED) is 0.904. The van der Waals surface area contributed by atoms with Crippen molar-refractivity contribution in [2.24, 2.45) is 5.92 Å². The Morgan fingerprint density at radius 1 is 1.33 bits per heavy atom. The van der Waals surface area contributed by atoms with Crippen LogP contribution in [0.1, 0.15) is 32.1 Å². The van der Waals surface area contributed by atoms with Crippen LogP contribution in [0.2, 0.25) is 0 Å². The number of halogens is 1. The molecule has 0 bridgehead atoms. The zero-order valence-corrected chi connectivity index (χ0v) is 10.4. The Hall–Kier alpha value is -1.58. The molecule has 1 aliphatic carbocycles. The number of rotatable bonds is 3. The molecule has 3 rings (SSSR count). The number of nitrogens with two attached hydrogens (primary N) is 1. The number of hydrogen-bond acceptors (Lipinski definition) is 2. The lowest BCUT2D eigenvalue weighted by atomic mass is 10.0. The second-order valence-electron chi connectivity index (χ2n) is 5.19. The second kappa shape index (κ2) is 4.59. The number of aromatic nitrogens is 2. The monoisotopic (exact) mass is 247 g/mol. The van der Waals surface area contributed by atoms with Crippen LogP contribution in [0, 0.1) is 11.7 Å². The minimum absolute atomic E-state index is 0.261. The Morgan fingerprint density at radius 2 is 2.11 bits per heavy atom. The maximum Gasteiger partial charge on any atom is 0.201 e. The van der Waals surface area contributed by atoms with E-state index in [2.05, 4.69) is 4.98 Å². The molecule has 2 N–H and O–H groups in total.